The maximum atomic E-state index is 11.5. The Morgan fingerprint density at radius 3 is 2.74 bits per heavy atom. The normalized spacial score (nSPS) is 10.5. The number of nitriles is 1. The highest BCUT2D eigenvalue weighted by atomic mass is 35.5. The summed E-state index contributed by atoms with van der Waals surface area (Å²) in [6, 6.07) is 1.78. The third-order valence-corrected chi connectivity index (χ3v) is 2.25. The van der Waals surface area contributed by atoms with Crippen LogP contribution < -0.4 is 10.6 Å². The van der Waals surface area contributed by atoms with E-state index in [1.54, 1.807) is 13.0 Å². The number of amides is 1. The maximum absolute atomic E-state index is 11.5. The van der Waals surface area contributed by atoms with Crippen LogP contribution in [0.5, 0.6) is 0 Å². The molecule has 106 valence electrons. The smallest absolute Gasteiger partial charge is 0.307 e. The maximum Gasteiger partial charge on any atom is 0.307 e. The molecular formula is C12H18ClN3O3. The molecule has 0 bridgehead atoms. The summed E-state index contributed by atoms with van der Waals surface area (Å²) in [6.07, 6.45) is 2.11. The number of carbonyl (C=O) groups excluding carboxylic acids is 2. The average Bonchev–Trinajstić information content (AvgIpc) is 2.39. The standard InChI is InChI=1S/C12H18ClN3O3/c1-2-19-11(17)4-7-15-9-10(8-14)12(18)16-6-3-5-13/h9,15H,2-7H2,1H3,(H,16,18)/b10-9-. The van der Waals surface area contributed by atoms with Gasteiger partial charge in [0.1, 0.15) is 11.6 Å². The largest absolute Gasteiger partial charge is 0.466 e. The Hall–Kier alpha value is -1.74. The Labute approximate surface area is 117 Å². The zero-order valence-corrected chi connectivity index (χ0v) is 11.6. The van der Waals surface area contributed by atoms with Crippen molar-refractivity contribution in [3.05, 3.63) is 11.8 Å². The van der Waals surface area contributed by atoms with Gasteiger partial charge in [-0.15, -0.1) is 11.6 Å². The number of nitrogens with zero attached hydrogens (tertiary/aromatic N) is 1. The second-order valence-corrected chi connectivity index (χ2v) is 3.86. The number of ether oxygens (including phenoxy) is 1. The Kier molecular flexibility index (Phi) is 10.3. The van der Waals surface area contributed by atoms with Gasteiger partial charge in [0.25, 0.3) is 5.91 Å². The first kappa shape index (κ1) is 17.3. The molecule has 0 fully saturated rings. The van der Waals surface area contributed by atoms with E-state index < -0.39 is 5.91 Å². The van der Waals surface area contributed by atoms with Gasteiger partial charge in [-0.1, -0.05) is 0 Å². The van der Waals surface area contributed by atoms with Gasteiger partial charge in [0, 0.05) is 25.2 Å². The highest BCUT2D eigenvalue weighted by Gasteiger charge is 2.07. The van der Waals surface area contributed by atoms with Crippen LogP contribution in [0.15, 0.2) is 11.8 Å². The van der Waals surface area contributed by atoms with E-state index in [0.29, 0.717) is 32.0 Å². The van der Waals surface area contributed by atoms with Gasteiger partial charge < -0.3 is 15.4 Å². The molecule has 0 aromatic carbocycles. The molecule has 19 heavy (non-hydrogen) atoms. The monoisotopic (exact) mass is 287 g/mol. The number of esters is 1. The van der Waals surface area contributed by atoms with Crippen molar-refractivity contribution in [1.29, 1.82) is 5.26 Å². The Balaban J connectivity index is 4.01. The van der Waals surface area contributed by atoms with E-state index in [4.69, 9.17) is 21.6 Å². The number of hydrogen-bond donors (Lipinski definition) is 2. The van der Waals surface area contributed by atoms with Crippen LogP contribution >= 0.6 is 11.6 Å². The summed E-state index contributed by atoms with van der Waals surface area (Å²) >= 11 is 5.47. The van der Waals surface area contributed by atoms with Crippen LogP contribution in [0.4, 0.5) is 0 Å². The van der Waals surface area contributed by atoms with Crippen molar-refractivity contribution in [3.8, 4) is 6.07 Å². The molecule has 0 radical (unpaired) electrons. The van der Waals surface area contributed by atoms with Crippen molar-refractivity contribution in [3.63, 3.8) is 0 Å². The number of nitrogens with one attached hydrogen (secondary N) is 2. The SMILES string of the molecule is CCOC(=O)CCN/C=C(/C#N)C(=O)NCCCCl. The molecule has 0 rings (SSSR count). The van der Waals surface area contributed by atoms with E-state index in [-0.39, 0.29) is 18.0 Å². The number of carbonyl (C=O) groups is 2. The Morgan fingerprint density at radius 1 is 1.42 bits per heavy atom. The van der Waals surface area contributed by atoms with Crippen LogP contribution in [0.3, 0.4) is 0 Å². The third-order valence-electron chi connectivity index (χ3n) is 1.99. The first-order valence-corrected chi connectivity index (χ1v) is 6.52. The van der Waals surface area contributed by atoms with Gasteiger partial charge in [0.05, 0.1) is 13.0 Å². The van der Waals surface area contributed by atoms with Crippen LogP contribution in [0.25, 0.3) is 0 Å². The third kappa shape index (κ3) is 8.91. The van der Waals surface area contributed by atoms with E-state index in [1.807, 2.05) is 0 Å². The van der Waals surface area contributed by atoms with E-state index >= 15 is 0 Å². The van der Waals surface area contributed by atoms with E-state index in [0.717, 1.165) is 0 Å². The molecule has 0 aliphatic heterocycles. The summed E-state index contributed by atoms with van der Waals surface area (Å²) in [7, 11) is 0. The van der Waals surface area contributed by atoms with Crippen molar-refractivity contribution in [2.45, 2.75) is 19.8 Å². The van der Waals surface area contributed by atoms with Crippen LogP contribution in [0.1, 0.15) is 19.8 Å². The van der Waals surface area contributed by atoms with E-state index in [2.05, 4.69) is 10.6 Å². The zero-order valence-electron chi connectivity index (χ0n) is 10.9. The molecule has 0 saturated heterocycles. The van der Waals surface area contributed by atoms with E-state index in [1.165, 1.54) is 6.20 Å². The molecule has 0 aromatic heterocycles. The fraction of sp³-hybridized carbons (Fsp3) is 0.583. The Morgan fingerprint density at radius 2 is 2.16 bits per heavy atom. The number of rotatable bonds is 9. The lowest BCUT2D eigenvalue weighted by atomic mass is 10.3. The molecule has 0 unspecified atom stereocenters. The molecule has 1 amide bonds. The summed E-state index contributed by atoms with van der Waals surface area (Å²) in [5, 5.41) is 14.1. The number of alkyl halides is 1. The highest BCUT2D eigenvalue weighted by molar-refractivity contribution is 6.17. The van der Waals surface area contributed by atoms with Crippen LogP contribution in [-0.4, -0.2) is 37.5 Å². The summed E-state index contributed by atoms with van der Waals surface area (Å²) < 4.78 is 4.73. The lowest BCUT2D eigenvalue weighted by molar-refractivity contribution is -0.142. The minimum atomic E-state index is -0.462. The molecule has 6 nitrogen and oxygen atoms in total. The van der Waals surface area contributed by atoms with Gasteiger partial charge in [0.2, 0.25) is 0 Å². The van der Waals surface area contributed by atoms with Gasteiger partial charge in [-0.3, -0.25) is 9.59 Å². The zero-order chi connectivity index (χ0) is 14.5. The van der Waals surface area contributed by atoms with Crippen molar-refractivity contribution >= 4 is 23.5 Å². The van der Waals surface area contributed by atoms with Gasteiger partial charge in [-0.05, 0) is 13.3 Å². The minimum Gasteiger partial charge on any atom is -0.466 e. The van der Waals surface area contributed by atoms with Crippen molar-refractivity contribution in [1.82, 2.24) is 10.6 Å². The molecule has 2 N–H and O–H groups in total. The minimum absolute atomic E-state index is 0.0431. The summed E-state index contributed by atoms with van der Waals surface area (Å²) in [5.74, 6) is -0.339. The predicted molar refractivity (Wildman–Crippen MR) is 71.3 cm³/mol. The van der Waals surface area contributed by atoms with Crippen molar-refractivity contribution < 1.29 is 14.3 Å². The lowest BCUT2D eigenvalue weighted by Gasteiger charge is -2.04. The number of hydrogen-bond acceptors (Lipinski definition) is 5. The fourth-order valence-corrected chi connectivity index (χ4v) is 1.23. The topological polar surface area (TPSA) is 91.2 Å². The van der Waals surface area contributed by atoms with Crippen LogP contribution in [-0.2, 0) is 14.3 Å². The molecule has 0 aliphatic rings. The molecule has 0 atom stereocenters. The molecule has 0 aliphatic carbocycles. The fourth-order valence-electron chi connectivity index (χ4n) is 1.09. The van der Waals surface area contributed by atoms with Crippen molar-refractivity contribution in [2.75, 3.05) is 25.6 Å². The molecule has 0 saturated carbocycles. The van der Waals surface area contributed by atoms with Crippen LogP contribution in [0, 0.1) is 11.3 Å². The molecular weight excluding hydrogens is 270 g/mol. The van der Waals surface area contributed by atoms with Crippen LogP contribution in [0.2, 0.25) is 0 Å². The number of halogens is 1. The average molecular weight is 288 g/mol. The quantitative estimate of drug-likeness (QED) is 0.214. The summed E-state index contributed by atoms with van der Waals surface area (Å²) in [6.45, 7) is 2.79. The van der Waals surface area contributed by atoms with Gasteiger partial charge in [-0.2, -0.15) is 5.26 Å². The van der Waals surface area contributed by atoms with Crippen molar-refractivity contribution in [2.24, 2.45) is 0 Å². The summed E-state index contributed by atoms with van der Waals surface area (Å²) in [5.41, 5.74) is -0.0431. The highest BCUT2D eigenvalue weighted by Crippen LogP contribution is 1.92. The second kappa shape index (κ2) is 11.4. The first-order valence-electron chi connectivity index (χ1n) is 5.99. The first-order chi connectivity index (χ1) is 9.15. The predicted octanol–water partition coefficient (Wildman–Crippen LogP) is 0.682. The molecule has 0 spiro atoms. The second-order valence-electron chi connectivity index (χ2n) is 3.48. The van der Waals surface area contributed by atoms with Gasteiger partial charge in [-0.25, -0.2) is 0 Å². The molecule has 0 heterocycles. The lowest BCUT2D eigenvalue weighted by Crippen LogP contribution is -2.27. The summed E-state index contributed by atoms with van der Waals surface area (Å²) in [4.78, 5) is 22.5. The van der Waals surface area contributed by atoms with E-state index in [9.17, 15) is 9.59 Å². The van der Waals surface area contributed by atoms with Gasteiger partial charge in [0.15, 0.2) is 0 Å². The molecule has 0 aromatic rings. The van der Waals surface area contributed by atoms with Gasteiger partial charge >= 0.3 is 5.97 Å². The molecule has 7 heteroatoms. The Bertz CT molecular complexity index is 364.